The molecule has 5 rings (SSSR count). The van der Waals surface area contributed by atoms with Crippen LogP contribution in [0.4, 0.5) is 11.4 Å². The zero-order chi connectivity index (χ0) is 23.9. The summed E-state index contributed by atoms with van der Waals surface area (Å²) >= 11 is 0. The van der Waals surface area contributed by atoms with E-state index in [9.17, 15) is 22.8 Å². The minimum absolute atomic E-state index is 0.0525. The van der Waals surface area contributed by atoms with Crippen molar-refractivity contribution in [3.05, 3.63) is 48.5 Å². The summed E-state index contributed by atoms with van der Waals surface area (Å²) < 4.78 is 32.9. The Bertz CT molecular complexity index is 1240. The van der Waals surface area contributed by atoms with Gasteiger partial charge in [0.05, 0.1) is 16.5 Å². The van der Waals surface area contributed by atoms with Gasteiger partial charge in [-0.05, 0) is 30.3 Å². The second kappa shape index (κ2) is 8.73. The highest BCUT2D eigenvalue weighted by Crippen LogP contribution is 2.32. The number of piperazine rings is 1. The topological polar surface area (TPSA) is 116 Å². The Labute approximate surface area is 197 Å². The number of anilines is 2. The van der Waals surface area contributed by atoms with Crippen molar-refractivity contribution < 1.29 is 27.5 Å². The van der Waals surface area contributed by atoms with Crippen LogP contribution in [0.5, 0.6) is 5.75 Å². The first-order chi connectivity index (χ1) is 16.3. The van der Waals surface area contributed by atoms with Crippen molar-refractivity contribution in [3.63, 3.8) is 0 Å². The van der Waals surface area contributed by atoms with Crippen molar-refractivity contribution >= 4 is 39.1 Å². The number of amides is 3. The van der Waals surface area contributed by atoms with Crippen LogP contribution in [0, 0.1) is 5.92 Å². The summed E-state index contributed by atoms with van der Waals surface area (Å²) in [6, 6.07) is 13.6. The lowest BCUT2D eigenvalue weighted by atomic mass is 10.1. The molecule has 1 atom stereocenters. The molecule has 3 aliphatic rings. The highest BCUT2D eigenvalue weighted by Gasteiger charge is 2.39. The molecule has 2 aromatic carbocycles. The van der Waals surface area contributed by atoms with Crippen molar-refractivity contribution in [1.82, 2.24) is 9.21 Å². The number of nitrogens with zero attached hydrogens (tertiary/aromatic N) is 3. The molecule has 2 saturated heterocycles. The minimum Gasteiger partial charge on any atom is -0.482 e. The number of sulfonamides is 1. The van der Waals surface area contributed by atoms with E-state index < -0.39 is 15.9 Å². The van der Waals surface area contributed by atoms with Crippen molar-refractivity contribution in [2.45, 2.75) is 11.3 Å². The van der Waals surface area contributed by atoms with Gasteiger partial charge >= 0.3 is 0 Å². The lowest BCUT2D eigenvalue weighted by Crippen LogP contribution is -2.52. The van der Waals surface area contributed by atoms with Gasteiger partial charge < -0.3 is 19.9 Å². The van der Waals surface area contributed by atoms with E-state index in [-0.39, 0.29) is 61.8 Å². The van der Waals surface area contributed by atoms with Gasteiger partial charge in [-0.1, -0.05) is 18.2 Å². The van der Waals surface area contributed by atoms with E-state index in [1.807, 2.05) is 30.3 Å². The number of benzene rings is 2. The molecule has 0 aromatic heterocycles. The minimum atomic E-state index is -3.81. The molecule has 0 spiro atoms. The Hall–Kier alpha value is -3.44. The molecule has 178 valence electrons. The molecule has 10 nitrogen and oxygen atoms in total. The maximum atomic E-state index is 13.1. The Morgan fingerprint density at radius 2 is 1.74 bits per heavy atom. The molecule has 1 N–H and O–H groups in total. The first kappa shape index (κ1) is 22.4. The van der Waals surface area contributed by atoms with E-state index >= 15 is 0 Å². The van der Waals surface area contributed by atoms with E-state index in [0.717, 1.165) is 5.69 Å². The van der Waals surface area contributed by atoms with E-state index in [2.05, 4.69) is 5.32 Å². The zero-order valence-corrected chi connectivity index (χ0v) is 19.2. The molecule has 2 fully saturated rings. The van der Waals surface area contributed by atoms with Crippen molar-refractivity contribution in [3.8, 4) is 5.75 Å². The number of fused-ring (bicyclic) bond motifs is 1. The van der Waals surface area contributed by atoms with Crippen LogP contribution in [0.3, 0.4) is 0 Å². The van der Waals surface area contributed by atoms with Crippen LogP contribution in [0.2, 0.25) is 0 Å². The average Bonchev–Trinajstić information content (AvgIpc) is 3.25. The fourth-order valence-electron chi connectivity index (χ4n) is 4.51. The number of para-hydroxylation sites is 1. The predicted octanol–water partition coefficient (Wildman–Crippen LogP) is 0.904. The molecule has 3 aliphatic heterocycles. The monoisotopic (exact) mass is 484 g/mol. The van der Waals surface area contributed by atoms with Gasteiger partial charge in [0, 0.05) is 44.8 Å². The third kappa shape index (κ3) is 4.12. The molecular weight excluding hydrogens is 460 g/mol. The SMILES string of the molecule is O=C1COc2ccc(S(=O)(=O)N3CCN(C(=O)[C@H]4CC(=O)N(c5ccccc5)C4)CC3)cc2N1. The highest BCUT2D eigenvalue weighted by atomic mass is 32.2. The van der Waals surface area contributed by atoms with Gasteiger partial charge in [-0.25, -0.2) is 8.42 Å². The van der Waals surface area contributed by atoms with E-state index in [1.165, 1.54) is 22.5 Å². The number of rotatable bonds is 4. The number of hydrogen-bond acceptors (Lipinski definition) is 6. The maximum absolute atomic E-state index is 13.1. The Morgan fingerprint density at radius 3 is 2.47 bits per heavy atom. The molecule has 3 heterocycles. The Kier molecular flexibility index (Phi) is 5.74. The van der Waals surface area contributed by atoms with Crippen LogP contribution in [-0.4, -0.2) is 74.7 Å². The molecule has 11 heteroatoms. The Morgan fingerprint density at radius 1 is 1.00 bits per heavy atom. The van der Waals surface area contributed by atoms with Gasteiger partial charge in [0.15, 0.2) is 6.61 Å². The smallest absolute Gasteiger partial charge is 0.262 e. The number of hydrogen-bond donors (Lipinski definition) is 1. The van der Waals surface area contributed by atoms with Gasteiger partial charge in [-0.15, -0.1) is 0 Å². The second-order valence-corrected chi connectivity index (χ2v) is 10.4. The fraction of sp³-hybridized carbons (Fsp3) is 0.348. The van der Waals surface area contributed by atoms with Crippen LogP contribution < -0.4 is 15.0 Å². The van der Waals surface area contributed by atoms with Crippen LogP contribution in [0.1, 0.15) is 6.42 Å². The standard InChI is InChI=1S/C23H24N4O6S/c28-21-15-33-20-7-6-18(13-19(20)24-21)34(31,32)26-10-8-25(9-11-26)23(30)16-12-22(29)27(14-16)17-4-2-1-3-5-17/h1-7,13,16H,8-12,14-15H2,(H,24,28)/t16-/m0/s1. The van der Waals surface area contributed by atoms with Crippen LogP contribution in [0.15, 0.2) is 53.4 Å². The van der Waals surface area contributed by atoms with Gasteiger partial charge in [-0.2, -0.15) is 4.31 Å². The largest absolute Gasteiger partial charge is 0.482 e. The van der Waals surface area contributed by atoms with Crippen LogP contribution in [0.25, 0.3) is 0 Å². The molecule has 3 amide bonds. The van der Waals surface area contributed by atoms with E-state index in [4.69, 9.17) is 4.74 Å². The third-order valence-electron chi connectivity index (χ3n) is 6.31. The second-order valence-electron chi connectivity index (χ2n) is 8.47. The molecular formula is C23H24N4O6S. The summed E-state index contributed by atoms with van der Waals surface area (Å²) in [5, 5.41) is 2.62. The van der Waals surface area contributed by atoms with Crippen molar-refractivity contribution in [2.75, 3.05) is 49.5 Å². The molecule has 0 aliphatic carbocycles. The molecule has 0 saturated carbocycles. The number of nitrogens with one attached hydrogen (secondary N) is 1. The summed E-state index contributed by atoms with van der Waals surface area (Å²) in [5.74, 6) is -0.582. The molecule has 0 unspecified atom stereocenters. The summed E-state index contributed by atoms with van der Waals surface area (Å²) in [7, 11) is -3.81. The molecule has 2 aromatic rings. The van der Waals surface area contributed by atoms with Crippen molar-refractivity contribution in [1.29, 1.82) is 0 Å². The van der Waals surface area contributed by atoms with E-state index in [0.29, 0.717) is 18.0 Å². The third-order valence-corrected chi connectivity index (χ3v) is 8.21. The molecule has 0 radical (unpaired) electrons. The fourth-order valence-corrected chi connectivity index (χ4v) is 5.96. The van der Waals surface area contributed by atoms with E-state index in [1.54, 1.807) is 9.80 Å². The summed E-state index contributed by atoms with van der Waals surface area (Å²) in [4.78, 5) is 40.4. The molecule has 34 heavy (non-hydrogen) atoms. The summed E-state index contributed by atoms with van der Waals surface area (Å²) in [5.41, 5.74) is 1.09. The number of carbonyl (C=O) groups excluding carboxylic acids is 3. The van der Waals surface area contributed by atoms with Crippen molar-refractivity contribution in [2.24, 2.45) is 5.92 Å². The quantitative estimate of drug-likeness (QED) is 0.690. The average molecular weight is 485 g/mol. The maximum Gasteiger partial charge on any atom is 0.262 e. The van der Waals surface area contributed by atoms with Gasteiger partial charge in [-0.3, -0.25) is 14.4 Å². The predicted molar refractivity (Wildman–Crippen MR) is 123 cm³/mol. The van der Waals surface area contributed by atoms with Gasteiger partial charge in [0.25, 0.3) is 5.91 Å². The van der Waals surface area contributed by atoms with Gasteiger partial charge in [0.1, 0.15) is 5.75 Å². The summed E-state index contributed by atoms with van der Waals surface area (Å²) in [6.45, 7) is 1.01. The van der Waals surface area contributed by atoms with Crippen LogP contribution in [-0.2, 0) is 24.4 Å². The lowest BCUT2D eigenvalue weighted by molar-refractivity contribution is -0.137. The lowest BCUT2D eigenvalue weighted by Gasteiger charge is -2.35. The molecule has 0 bridgehead atoms. The van der Waals surface area contributed by atoms with Crippen LogP contribution >= 0.6 is 0 Å². The normalized spacial score (nSPS) is 21.1. The summed E-state index contributed by atoms with van der Waals surface area (Å²) in [6.07, 6.45) is 0.148. The number of carbonyl (C=O) groups is 3. The highest BCUT2D eigenvalue weighted by molar-refractivity contribution is 7.89. The zero-order valence-electron chi connectivity index (χ0n) is 18.3. The first-order valence-corrected chi connectivity index (χ1v) is 12.5. The number of ether oxygens (including phenoxy) is 1. The first-order valence-electron chi connectivity index (χ1n) is 11.0. The van der Waals surface area contributed by atoms with Gasteiger partial charge in [0.2, 0.25) is 21.8 Å². The Balaban J connectivity index is 1.22.